The van der Waals surface area contributed by atoms with E-state index in [-0.39, 0.29) is 23.7 Å². The van der Waals surface area contributed by atoms with Gasteiger partial charge in [0.05, 0.1) is 18.3 Å². The fourth-order valence-electron chi connectivity index (χ4n) is 4.12. The average molecular weight is 439 g/mol. The lowest BCUT2D eigenvalue weighted by Gasteiger charge is -2.23. The van der Waals surface area contributed by atoms with Crippen molar-refractivity contribution in [2.45, 2.75) is 38.4 Å². The van der Waals surface area contributed by atoms with Crippen LogP contribution in [-0.4, -0.2) is 20.6 Å². The van der Waals surface area contributed by atoms with Gasteiger partial charge in [0.25, 0.3) is 5.56 Å². The van der Waals surface area contributed by atoms with Gasteiger partial charge in [0, 0.05) is 35.4 Å². The highest BCUT2D eigenvalue weighted by Gasteiger charge is 2.25. The van der Waals surface area contributed by atoms with E-state index in [2.05, 4.69) is 15.3 Å². The second kappa shape index (κ2) is 8.28. The van der Waals surface area contributed by atoms with Gasteiger partial charge in [-0.1, -0.05) is 6.07 Å². The fourth-order valence-corrected chi connectivity index (χ4v) is 5.38. The number of pyridine rings is 1. The largest absolute Gasteiger partial charge is 0.309 e. The average Bonchev–Trinajstić information content (AvgIpc) is 3.14. The van der Waals surface area contributed by atoms with Crippen LogP contribution in [0, 0.1) is 11.6 Å². The van der Waals surface area contributed by atoms with Crippen LogP contribution < -0.4 is 10.9 Å². The van der Waals surface area contributed by atoms with Crippen LogP contribution in [0.5, 0.6) is 0 Å². The normalized spacial score (nSPS) is 15.9. The van der Waals surface area contributed by atoms with Gasteiger partial charge in [-0.3, -0.25) is 14.3 Å². The first-order valence-corrected chi connectivity index (χ1v) is 11.0. The molecule has 0 amide bonds. The summed E-state index contributed by atoms with van der Waals surface area (Å²) < 4.78 is 29.4. The third-order valence-corrected chi connectivity index (χ3v) is 6.93. The Morgan fingerprint density at radius 3 is 2.71 bits per heavy atom. The second-order valence-electron chi connectivity index (χ2n) is 7.74. The maximum Gasteiger partial charge on any atom is 0.262 e. The molecule has 4 aromatic rings. The Kier molecular flexibility index (Phi) is 5.33. The zero-order chi connectivity index (χ0) is 21.4. The molecule has 5 rings (SSSR count). The van der Waals surface area contributed by atoms with Crippen molar-refractivity contribution >= 4 is 21.6 Å². The summed E-state index contributed by atoms with van der Waals surface area (Å²) in [6.07, 6.45) is 7.27. The van der Waals surface area contributed by atoms with Gasteiger partial charge in [0.15, 0.2) is 0 Å². The van der Waals surface area contributed by atoms with E-state index < -0.39 is 11.6 Å². The van der Waals surface area contributed by atoms with Gasteiger partial charge in [-0.25, -0.2) is 13.8 Å². The summed E-state index contributed by atoms with van der Waals surface area (Å²) in [6, 6.07) is 7.77. The van der Waals surface area contributed by atoms with Crippen LogP contribution in [-0.2, 0) is 25.9 Å². The lowest BCUT2D eigenvalue weighted by molar-refractivity contribution is 0.445. The molecule has 1 atom stereocenters. The Bertz CT molecular complexity index is 1280. The minimum absolute atomic E-state index is 0.0286. The lowest BCUT2D eigenvalue weighted by Crippen LogP contribution is -2.34. The van der Waals surface area contributed by atoms with Crippen LogP contribution in [0.4, 0.5) is 8.78 Å². The Morgan fingerprint density at radius 2 is 1.94 bits per heavy atom. The van der Waals surface area contributed by atoms with E-state index in [9.17, 15) is 13.6 Å². The maximum atomic E-state index is 13.9. The van der Waals surface area contributed by atoms with Gasteiger partial charge in [0.2, 0.25) is 0 Å². The first-order valence-electron chi connectivity index (χ1n) is 10.1. The molecular weight excluding hydrogens is 418 g/mol. The number of hydrogen-bond acceptors (Lipinski definition) is 5. The Hall–Kier alpha value is -2.97. The molecule has 0 saturated carbocycles. The molecule has 1 N–H and O–H groups in total. The van der Waals surface area contributed by atoms with Crippen LogP contribution in [0.15, 0.2) is 53.8 Å². The standard InChI is InChI=1S/C23H20F2N4OS/c24-18-2-1-3-19(25)17(18)11-27-15-4-5-16-20(10-15)31-22-21(16)23(30)29(13-28-22)12-14-6-8-26-9-7-14/h1-3,6-9,13,15,27H,4-5,10-12H2. The van der Waals surface area contributed by atoms with Crippen molar-refractivity contribution in [2.75, 3.05) is 0 Å². The number of rotatable bonds is 5. The molecule has 0 radical (unpaired) electrons. The molecule has 1 aliphatic rings. The van der Waals surface area contributed by atoms with Crippen molar-refractivity contribution in [3.8, 4) is 0 Å². The van der Waals surface area contributed by atoms with Crippen molar-refractivity contribution < 1.29 is 8.78 Å². The number of nitrogens with one attached hydrogen (secondary N) is 1. The molecule has 0 aliphatic heterocycles. The second-order valence-corrected chi connectivity index (χ2v) is 8.82. The van der Waals surface area contributed by atoms with Gasteiger partial charge in [-0.05, 0) is 54.7 Å². The van der Waals surface area contributed by atoms with Crippen molar-refractivity contribution in [2.24, 2.45) is 0 Å². The van der Waals surface area contributed by atoms with Gasteiger partial charge in [-0.15, -0.1) is 11.3 Å². The van der Waals surface area contributed by atoms with E-state index in [0.717, 1.165) is 40.1 Å². The van der Waals surface area contributed by atoms with Crippen LogP contribution in [0.1, 0.15) is 28.0 Å². The van der Waals surface area contributed by atoms with Crippen LogP contribution in [0.25, 0.3) is 10.2 Å². The minimum Gasteiger partial charge on any atom is -0.309 e. The summed E-state index contributed by atoms with van der Waals surface area (Å²) >= 11 is 1.54. The van der Waals surface area contributed by atoms with Gasteiger partial charge < -0.3 is 5.32 Å². The molecule has 8 heteroatoms. The van der Waals surface area contributed by atoms with Crippen LogP contribution in [0.3, 0.4) is 0 Å². The number of thiophene rings is 1. The number of aromatic nitrogens is 3. The van der Waals surface area contributed by atoms with E-state index in [1.54, 1.807) is 23.3 Å². The molecule has 3 heterocycles. The lowest BCUT2D eigenvalue weighted by atomic mass is 9.93. The SMILES string of the molecule is O=c1c2c3c(sc2ncn1Cc1ccncc1)CC(NCc1c(F)cccc1F)CC3. The summed E-state index contributed by atoms with van der Waals surface area (Å²) in [5, 5.41) is 3.98. The number of benzene rings is 1. The van der Waals surface area contributed by atoms with E-state index in [1.165, 1.54) is 29.5 Å². The summed E-state index contributed by atoms with van der Waals surface area (Å²) in [5.41, 5.74) is 2.09. The van der Waals surface area contributed by atoms with E-state index in [1.807, 2.05) is 12.1 Å². The third-order valence-electron chi connectivity index (χ3n) is 5.77. The van der Waals surface area contributed by atoms with Crippen molar-refractivity contribution in [1.82, 2.24) is 19.9 Å². The van der Waals surface area contributed by atoms with Gasteiger partial charge in [0.1, 0.15) is 16.5 Å². The summed E-state index contributed by atoms with van der Waals surface area (Å²) in [7, 11) is 0. The van der Waals surface area contributed by atoms with E-state index in [4.69, 9.17) is 0 Å². The Balaban J connectivity index is 1.37. The quantitative estimate of drug-likeness (QED) is 0.515. The smallest absolute Gasteiger partial charge is 0.262 e. The zero-order valence-corrected chi connectivity index (χ0v) is 17.5. The highest BCUT2D eigenvalue weighted by Crippen LogP contribution is 2.33. The van der Waals surface area contributed by atoms with E-state index in [0.29, 0.717) is 11.9 Å². The molecule has 31 heavy (non-hydrogen) atoms. The molecule has 158 valence electrons. The van der Waals surface area contributed by atoms with Crippen LogP contribution in [0.2, 0.25) is 0 Å². The predicted molar refractivity (Wildman–Crippen MR) is 116 cm³/mol. The molecule has 0 spiro atoms. The first-order chi connectivity index (χ1) is 15.1. The molecule has 5 nitrogen and oxygen atoms in total. The molecule has 1 aromatic carbocycles. The number of aryl methyl sites for hydroxylation is 1. The van der Waals surface area contributed by atoms with Crippen molar-refractivity contribution in [3.05, 3.63) is 92.6 Å². The van der Waals surface area contributed by atoms with Crippen molar-refractivity contribution in [3.63, 3.8) is 0 Å². The number of hydrogen-bond donors (Lipinski definition) is 1. The molecule has 0 fully saturated rings. The summed E-state index contributed by atoms with van der Waals surface area (Å²) in [4.78, 5) is 23.6. The van der Waals surface area contributed by atoms with Crippen molar-refractivity contribution in [1.29, 1.82) is 0 Å². The summed E-state index contributed by atoms with van der Waals surface area (Å²) in [6.45, 7) is 0.591. The predicted octanol–water partition coefficient (Wildman–Crippen LogP) is 3.83. The highest BCUT2D eigenvalue weighted by molar-refractivity contribution is 7.18. The Morgan fingerprint density at radius 1 is 1.16 bits per heavy atom. The Labute approximate surface area is 181 Å². The minimum atomic E-state index is -0.537. The molecule has 0 bridgehead atoms. The molecule has 3 aromatic heterocycles. The topological polar surface area (TPSA) is 59.8 Å². The van der Waals surface area contributed by atoms with Crippen LogP contribution >= 0.6 is 11.3 Å². The molecule has 1 aliphatic carbocycles. The highest BCUT2D eigenvalue weighted by atomic mass is 32.1. The summed E-state index contributed by atoms with van der Waals surface area (Å²) in [5.74, 6) is -1.07. The third kappa shape index (κ3) is 3.88. The number of nitrogens with zero attached hydrogens (tertiary/aromatic N) is 3. The van der Waals surface area contributed by atoms with Gasteiger partial charge >= 0.3 is 0 Å². The molecule has 0 saturated heterocycles. The van der Waals surface area contributed by atoms with Gasteiger partial charge in [-0.2, -0.15) is 0 Å². The monoisotopic (exact) mass is 438 g/mol. The first kappa shape index (κ1) is 20.0. The maximum absolute atomic E-state index is 13.9. The molecule has 1 unspecified atom stereocenters. The number of halogens is 2. The molecular formula is C23H20F2N4OS. The zero-order valence-electron chi connectivity index (χ0n) is 16.6. The fraction of sp³-hybridized carbons (Fsp3) is 0.261. The van der Waals surface area contributed by atoms with E-state index >= 15 is 0 Å². The number of fused-ring (bicyclic) bond motifs is 3.